The molecular formula is C13H18N2O3S. The van der Waals surface area contributed by atoms with E-state index in [9.17, 15) is 8.42 Å². The van der Waals surface area contributed by atoms with E-state index in [2.05, 4.69) is 4.72 Å². The molecule has 1 atom stereocenters. The molecule has 0 aromatic heterocycles. The van der Waals surface area contributed by atoms with Gasteiger partial charge in [0.15, 0.2) is 0 Å². The van der Waals surface area contributed by atoms with Gasteiger partial charge in [-0.25, -0.2) is 8.42 Å². The minimum Gasteiger partial charge on any atom is -0.495 e. The molecule has 0 aliphatic heterocycles. The van der Waals surface area contributed by atoms with Gasteiger partial charge in [0.2, 0.25) is 10.0 Å². The van der Waals surface area contributed by atoms with E-state index in [0.717, 1.165) is 0 Å². The van der Waals surface area contributed by atoms with Crippen LogP contribution in [0.3, 0.4) is 0 Å². The van der Waals surface area contributed by atoms with Crippen LogP contribution in [0.1, 0.15) is 20.8 Å². The van der Waals surface area contributed by atoms with Crippen LogP contribution in [-0.2, 0) is 10.0 Å². The molecule has 1 rings (SSSR count). The Morgan fingerprint density at radius 3 is 2.37 bits per heavy atom. The third-order valence-electron chi connectivity index (χ3n) is 2.63. The molecule has 0 radical (unpaired) electrons. The Morgan fingerprint density at radius 1 is 1.32 bits per heavy atom. The lowest BCUT2D eigenvalue weighted by Crippen LogP contribution is -2.42. The van der Waals surface area contributed by atoms with Crippen LogP contribution in [0, 0.1) is 16.7 Å². The number of nitriles is 1. The Balaban J connectivity index is 3.16. The molecule has 0 unspecified atom stereocenters. The molecule has 1 aromatic rings. The fourth-order valence-electron chi connectivity index (χ4n) is 1.46. The van der Waals surface area contributed by atoms with Crippen molar-refractivity contribution in [3.05, 3.63) is 24.3 Å². The standard InChI is InChI=1S/C13H18N2O3S/c1-13(2,3)12(9-14)15-19(16,17)11-8-6-5-7-10(11)18-4/h5-8,12,15H,1-4H3/t12-/m0/s1. The summed E-state index contributed by atoms with van der Waals surface area (Å²) < 4.78 is 32.0. The number of sulfonamides is 1. The Kier molecular flexibility index (Phi) is 4.56. The molecular weight excluding hydrogens is 264 g/mol. The van der Waals surface area contributed by atoms with Gasteiger partial charge >= 0.3 is 0 Å². The Morgan fingerprint density at radius 2 is 1.89 bits per heavy atom. The van der Waals surface area contributed by atoms with E-state index in [1.54, 1.807) is 39.0 Å². The van der Waals surface area contributed by atoms with Gasteiger partial charge in [-0.1, -0.05) is 32.9 Å². The first-order chi connectivity index (χ1) is 8.72. The largest absolute Gasteiger partial charge is 0.495 e. The van der Waals surface area contributed by atoms with Crippen LogP contribution in [0.25, 0.3) is 0 Å². The first kappa shape index (κ1) is 15.5. The minimum atomic E-state index is -3.79. The molecule has 104 valence electrons. The SMILES string of the molecule is COc1ccccc1S(=O)(=O)N[C@@H](C#N)C(C)(C)C. The molecule has 0 fully saturated rings. The number of nitrogens with zero attached hydrogens (tertiary/aromatic N) is 1. The smallest absolute Gasteiger partial charge is 0.245 e. The van der Waals surface area contributed by atoms with E-state index in [4.69, 9.17) is 10.00 Å². The fourth-order valence-corrected chi connectivity index (χ4v) is 2.97. The molecule has 0 amide bonds. The molecule has 1 N–H and O–H groups in total. The summed E-state index contributed by atoms with van der Waals surface area (Å²) in [7, 11) is -2.39. The molecule has 0 bridgehead atoms. The maximum absolute atomic E-state index is 12.3. The van der Waals surface area contributed by atoms with Crippen molar-refractivity contribution in [1.82, 2.24) is 4.72 Å². The van der Waals surface area contributed by atoms with Crippen molar-refractivity contribution in [3.63, 3.8) is 0 Å². The molecule has 0 heterocycles. The Labute approximate surface area is 114 Å². The summed E-state index contributed by atoms with van der Waals surface area (Å²) in [5.74, 6) is 0.251. The van der Waals surface area contributed by atoms with E-state index in [-0.39, 0.29) is 10.6 Å². The normalized spacial score (nSPS) is 13.6. The van der Waals surface area contributed by atoms with Crippen molar-refractivity contribution >= 4 is 10.0 Å². The summed E-state index contributed by atoms with van der Waals surface area (Å²) in [4.78, 5) is 0.0296. The van der Waals surface area contributed by atoms with E-state index < -0.39 is 21.5 Å². The minimum absolute atomic E-state index is 0.0296. The van der Waals surface area contributed by atoms with Gasteiger partial charge < -0.3 is 4.74 Å². The average molecular weight is 282 g/mol. The van der Waals surface area contributed by atoms with Crippen molar-refractivity contribution < 1.29 is 13.2 Å². The van der Waals surface area contributed by atoms with E-state index in [1.165, 1.54) is 13.2 Å². The van der Waals surface area contributed by atoms with Gasteiger partial charge in [-0.05, 0) is 17.5 Å². The Bertz CT molecular complexity index is 583. The molecule has 19 heavy (non-hydrogen) atoms. The quantitative estimate of drug-likeness (QED) is 0.915. The second kappa shape index (κ2) is 5.59. The summed E-state index contributed by atoms with van der Waals surface area (Å²) in [5, 5.41) is 9.09. The number of methoxy groups -OCH3 is 1. The predicted octanol–water partition coefficient (Wildman–Crippen LogP) is 1.91. The lowest BCUT2D eigenvalue weighted by Gasteiger charge is -2.25. The van der Waals surface area contributed by atoms with Gasteiger partial charge in [0.05, 0.1) is 13.2 Å². The lowest BCUT2D eigenvalue weighted by atomic mass is 9.88. The number of para-hydroxylation sites is 1. The van der Waals surface area contributed by atoms with Crippen LogP contribution < -0.4 is 9.46 Å². The highest BCUT2D eigenvalue weighted by molar-refractivity contribution is 7.89. The maximum atomic E-state index is 12.3. The van der Waals surface area contributed by atoms with Crippen LogP contribution in [0.15, 0.2) is 29.2 Å². The van der Waals surface area contributed by atoms with Crippen LogP contribution in [0.5, 0.6) is 5.75 Å². The molecule has 0 aliphatic rings. The topological polar surface area (TPSA) is 79.2 Å². The molecule has 0 saturated heterocycles. The van der Waals surface area contributed by atoms with Crippen LogP contribution in [0.4, 0.5) is 0 Å². The molecule has 6 heteroatoms. The second-order valence-electron chi connectivity index (χ2n) is 5.20. The highest BCUT2D eigenvalue weighted by Gasteiger charge is 2.30. The zero-order valence-corrected chi connectivity index (χ0v) is 12.3. The van der Waals surface area contributed by atoms with E-state index in [0.29, 0.717) is 0 Å². The van der Waals surface area contributed by atoms with Crippen molar-refractivity contribution in [2.75, 3.05) is 7.11 Å². The van der Waals surface area contributed by atoms with Crippen molar-refractivity contribution in [3.8, 4) is 11.8 Å². The van der Waals surface area contributed by atoms with Crippen molar-refractivity contribution in [2.45, 2.75) is 31.7 Å². The predicted molar refractivity (Wildman–Crippen MR) is 72.2 cm³/mol. The molecule has 1 aromatic carbocycles. The molecule has 0 spiro atoms. The van der Waals surface area contributed by atoms with E-state index in [1.807, 2.05) is 6.07 Å². The monoisotopic (exact) mass is 282 g/mol. The highest BCUT2D eigenvalue weighted by Crippen LogP contribution is 2.25. The second-order valence-corrected chi connectivity index (χ2v) is 6.88. The molecule has 0 aliphatic carbocycles. The zero-order chi connectivity index (χ0) is 14.7. The first-order valence-corrected chi connectivity index (χ1v) is 7.25. The van der Waals surface area contributed by atoms with Crippen LogP contribution >= 0.6 is 0 Å². The Hall–Kier alpha value is -1.58. The number of hydrogen-bond acceptors (Lipinski definition) is 4. The number of hydrogen-bond donors (Lipinski definition) is 1. The number of ether oxygens (including phenoxy) is 1. The number of nitrogens with one attached hydrogen (secondary N) is 1. The summed E-state index contributed by atoms with van der Waals surface area (Å²) in [6.45, 7) is 5.39. The number of benzene rings is 1. The molecule has 5 nitrogen and oxygen atoms in total. The average Bonchev–Trinajstić information content (AvgIpc) is 2.34. The zero-order valence-electron chi connectivity index (χ0n) is 11.5. The van der Waals surface area contributed by atoms with Gasteiger partial charge in [-0.3, -0.25) is 0 Å². The lowest BCUT2D eigenvalue weighted by molar-refractivity contribution is 0.349. The third-order valence-corrected chi connectivity index (χ3v) is 4.09. The van der Waals surface area contributed by atoms with Gasteiger partial charge in [0.1, 0.15) is 16.7 Å². The third kappa shape index (κ3) is 3.69. The van der Waals surface area contributed by atoms with Gasteiger partial charge in [-0.15, -0.1) is 0 Å². The van der Waals surface area contributed by atoms with E-state index >= 15 is 0 Å². The molecule has 0 saturated carbocycles. The fraction of sp³-hybridized carbons (Fsp3) is 0.462. The van der Waals surface area contributed by atoms with Gasteiger partial charge in [0.25, 0.3) is 0 Å². The summed E-state index contributed by atoms with van der Waals surface area (Å²) in [6.07, 6.45) is 0. The maximum Gasteiger partial charge on any atom is 0.245 e. The van der Waals surface area contributed by atoms with Crippen molar-refractivity contribution in [1.29, 1.82) is 5.26 Å². The first-order valence-electron chi connectivity index (χ1n) is 5.77. The van der Waals surface area contributed by atoms with Crippen LogP contribution in [-0.4, -0.2) is 21.6 Å². The van der Waals surface area contributed by atoms with Crippen molar-refractivity contribution in [2.24, 2.45) is 5.41 Å². The van der Waals surface area contributed by atoms with Crippen LogP contribution in [0.2, 0.25) is 0 Å². The number of rotatable bonds is 4. The highest BCUT2D eigenvalue weighted by atomic mass is 32.2. The van der Waals surface area contributed by atoms with Gasteiger partial charge in [0, 0.05) is 0 Å². The summed E-state index contributed by atoms with van der Waals surface area (Å²) in [5.41, 5.74) is -0.496. The summed E-state index contributed by atoms with van der Waals surface area (Å²) in [6, 6.07) is 7.45. The summed E-state index contributed by atoms with van der Waals surface area (Å²) >= 11 is 0. The van der Waals surface area contributed by atoms with Gasteiger partial charge in [-0.2, -0.15) is 9.98 Å².